The van der Waals surface area contributed by atoms with Crippen LogP contribution >= 0.6 is 24.0 Å². The highest BCUT2D eigenvalue weighted by atomic mass is 32.2. The molecule has 0 saturated heterocycles. The molecule has 1 aromatic rings. The van der Waals surface area contributed by atoms with Gasteiger partial charge in [0.1, 0.15) is 4.99 Å². The van der Waals surface area contributed by atoms with E-state index in [1.54, 1.807) is 0 Å². The quantitative estimate of drug-likeness (QED) is 0.775. The van der Waals surface area contributed by atoms with Crippen molar-refractivity contribution < 1.29 is 0 Å². The molecule has 0 fully saturated rings. The van der Waals surface area contributed by atoms with Crippen molar-refractivity contribution >= 4 is 29.0 Å². The van der Waals surface area contributed by atoms with E-state index in [9.17, 15) is 0 Å². The van der Waals surface area contributed by atoms with Crippen LogP contribution in [0.2, 0.25) is 0 Å². The minimum absolute atomic E-state index is 0.475. The molecule has 0 bridgehead atoms. The fourth-order valence-corrected chi connectivity index (χ4v) is 1.78. The normalized spacial score (nSPS) is 9.92. The Morgan fingerprint density at radius 2 is 2.31 bits per heavy atom. The molecular formula is C10H13NS2. The molecular weight excluding hydrogens is 198 g/mol. The van der Waals surface area contributed by atoms with Crippen LogP contribution < -0.4 is 5.73 Å². The van der Waals surface area contributed by atoms with Crippen molar-refractivity contribution in [1.29, 1.82) is 0 Å². The van der Waals surface area contributed by atoms with E-state index in [1.165, 1.54) is 5.56 Å². The highest BCUT2D eigenvalue weighted by Crippen LogP contribution is 2.13. The Kier molecular flexibility index (Phi) is 4.25. The fourth-order valence-electron chi connectivity index (χ4n) is 1.03. The molecule has 0 aliphatic carbocycles. The van der Waals surface area contributed by atoms with Crippen molar-refractivity contribution in [3.63, 3.8) is 0 Å². The second-order valence-electron chi connectivity index (χ2n) is 2.70. The molecule has 0 amide bonds. The van der Waals surface area contributed by atoms with Crippen molar-refractivity contribution in [2.75, 3.05) is 5.75 Å². The van der Waals surface area contributed by atoms with Crippen LogP contribution in [0.5, 0.6) is 0 Å². The number of thiocarbonyl (C=S) groups is 1. The minimum Gasteiger partial charge on any atom is -0.389 e. The van der Waals surface area contributed by atoms with Crippen LogP contribution in [0.4, 0.5) is 0 Å². The lowest BCUT2D eigenvalue weighted by Gasteiger charge is -2.02. The smallest absolute Gasteiger partial charge is 0.103 e. The van der Waals surface area contributed by atoms with Crippen molar-refractivity contribution in [2.45, 2.75) is 12.7 Å². The summed E-state index contributed by atoms with van der Waals surface area (Å²) in [7, 11) is 0. The van der Waals surface area contributed by atoms with Gasteiger partial charge in [-0.2, -0.15) is 11.8 Å². The molecule has 1 nitrogen and oxygen atoms in total. The first-order valence-electron chi connectivity index (χ1n) is 4.20. The van der Waals surface area contributed by atoms with Gasteiger partial charge in [-0.1, -0.05) is 37.3 Å². The van der Waals surface area contributed by atoms with Gasteiger partial charge in [0.05, 0.1) is 0 Å². The second kappa shape index (κ2) is 5.25. The van der Waals surface area contributed by atoms with Crippen molar-refractivity contribution in [3.8, 4) is 0 Å². The molecule has 3 heteroatoms. The summed E-state index contributed by atoms with van der Waals surface area (Å²) in [5, 5.41) is 0. The van der Waals surface area contributed by atoms with Crippen molar-refractivity contribution in [2.24, 2.45) is 5.73 Å². The summed E-state index contributed by atoms with van der Waals surface area (Å²) in [6, 6.07) is 8.11. The highest BCUT2D eigenvalue weighted by molar-refractivity contribution is 7.98. The van der Waals surface area contributed by atoms with Gasteiger partial charge in [-0.3, -0.25) is 0 Å². The van der Waals surface area contributed by atoms with Gasteiger partial charge in [-0.05, 0) is 17.4 Å². The summed E-state index contributed by atoms with van der Waals surface area (Å²) < 4.78 is 0. The van der Waals surface area contributed by atoms with Crippen LogP contribution in [-0.2, 0) is 5.75 Å². The van der Waals surface area contributed by atoms with Crippen LogP contribution in [0.15, 0.2) is 24.3 Å². The molecule has 1 aromatic carbocycles. The standard InChI is InChI=1S/C10H13NS2/c1-2-13-7-8-4-3-5-9(6-8)10(11)12/h3-6H,2,7H2,1H3,(H2,11,12). The first-order valence-corrected chi connectivity index (χ1v) is 5.77. The minimum atomic E-state index is 0.475. The summed E-state index contributed by atoms with van der Waals surface area (Å²) >= 11 is 6.80. The number of hydrogen-bond donors (Lipinski definition) is 1. The largest absolute Gasteiger partial charge is 0.389 e. The van der Waals surface area contributed by atoms with E-state index in [-0.39, 0.29) is 0 Å². The predicted octanol–water partition coefficient (Wildman–Crippen LogP) is 2.57. The number of nitrogens with two attached hydrogens (primary N) is 1. The molecule has 2 N–H and O–H groups in total. The SMILES string of the molecule is CCSCc1cccc(C(N)=S)c1. The van der Waals surface area contributed by atoms with Crippen molar-refractivity contribution in [1.82, 2.24) is 0 Å². The Hall–Kier alpha value is -0.540. The topological polar surface area (TPSA) is 26.0 Å². The van der Waals surface area contributed by atoms with Gasteiger partial charge in [-0.25, -0.2) is 0 Å². The van der Waals surface area contributed by atoms with Gasteiger partial charge in [0.15, 0.2) is 0 Å². The molecule has 0 aliphatic rings. The average molecular weight is 211 g/mol. The molecule has 1 rings (SSSR count). The second-order valence-corrected chi connectivity index (χ2v) is 4.42. The van der Waals surface area contributed by atoms with Crippen molar-refractivity contribution in [3.05, 3.63) is 35.4 Å². The third-order valence-electron chi connectivity index (χ3n) is 1.68. The van der Waals surface area contributed by atoms with E-state index in [2.05, 4.69) is 19.1 Å². The third-order valence-corrected chi connectivity index (χ3v) is 2.87. The number of hydrogen-bond acceptors (Lipinski definition) is 2. The Balaban J connectivity index is 2.73. The van der Waals surface area contributed by atoms with Crippen LogP contribution in [0.3, 0.4) is 0 Å². The molecule has 0 saturated carbocycles. The molecule has 0 atom stereocenters. The summed E-state index contributed by atoms with van der Waals surface area (Å²) in [6.07, 6.45) is 0. The zero-order valence-corrected chi connectivity index (χ0v) is 9.25. The van der Waals surface area contributed by atoms with E-state index >= 15 is 0 Å². The summed E-state index contributed by atoms with van der Waals surface area (Å²) in [6.45, 7) is 2.15. The molecule has 0 aliphatic heterocycles. The Morgan fingerprint density at radius 3 is 2.92 bits per heavy atom. The first kappa shape index (κ1) is 10.5. The van der Waals surface area contributed by atoms with Crippen LogP contribution in [0.25, 0.3) is 0 Å². The maximum absolute atomic E-state index is 5.54. The van der Waals surface area contributed by atoms with E-state index < -0.39 is 0 Å². The molecule has 0 radical (unpaired) electrons. The van der Waals surface area contributed by atoms with Gasteiger partial charge >= 0.3 is 0 Å². The van der Waals surface area contributed by atoms with Crippen LogP contribution in [0, 0.1) is 0 Å². The van der Waals surface area contributed by atoms with Crippen LogP contribution in [0.1, 0.15) is 18.1 Å². The highest BCUT2D eigenvalue weighted by Gasteiger charge is 1.97. The summed E-state index contributed by atoms with van der Waals surface area (Å²) in [5.41, 5.74) is 7.79. The number of benzene rings is 1. The maximum Gasteiger partial charge on any atom is 0.103 e. The van der Waals surface area contributed by atoms with E-state index in [0.29, 0.717) is 4.99 Å². The Bertz CT molecular complexity index is 297. The average Bonchev–Trinajstić information content (AvgIpc) is 2.15. The maximum atomic E-state index is 5.54. The zero-order chi connectivity index (χ0) is 9.68. The molecule has 70 valence electrons. The van der Waals surface area contributed by atoms with Crippen LogP contribution in [-0.4, -0.2) is 10.7 Å². The van der Waals surface area contributed by atoms with E-state index in [4.69, 9.17) is 18.0 Å². The fraction of sp³-hybridized carbons (Fsp3) is 0.300. The van der Waals surface area contributed by atoms with Gasteiger partial charge in [0.25, 0.3) is 0 Å². The first-order chi connectivity index (χ1) is 6.24. The number of thioether (sulfide) groups is 1. The monoisotopic (exact) mass is 211 g/mol. The predicted molar refractivity (Wildman–Crippen MR) is 64.2 cm³/mol. The molecule has 0 heterocycles. The third kappa shape index (κ3) is 3.36. The van der Waals surface area contributed by atoms with Gasteiger partial charge < -0.3 is 5.73 Å². The molecule has 0 unspecified atom stereocenters. The van der Waals surface area contributed by atoms with Gasteiger partial charge in [-0.15, -0.1) is 0 Å². The summed E-state index contributed by atoms with van der Waals surface area (Å²) in [4.78, 5) is 0.475. The molecule has 13 heavy (non-hydrogen) atoms. The van der Waals surface area contributed by atoms with Gasteiger partial charge in [0.2, 0.25) is 0 Å². The van der Waals surface area contributed by atoms with E-state index in [1.807, 2.05) is 23.9 Å². The zero-order valence-electron chi connectivity index (χ0n) is 7.62. The summed E-state index contributed by atoms with van der Waals surface area (Å²) in [5.74, 6) is 2.17. The van der Waals surface area contributed by atoms with E-state index in [0.717, 1.165) is 17.1 Å². The number of rotatable bonds is 4. The molecule has 0 spiro atoms. The van der Waals surface area contributed by atoms with Gasteiger partial charge in [0, 0.05) is 11.3 Å². The molecule has 0 aromatic heterocycles. The lowest BCUT2D eigenvalue weighted by atomic mass is 10.1. The Labute approximate surface area is 88.7 Å². The Morgan fingerprint density at radius 1 is 1.54 bits per heavy atom. The lowest BCUT2D eigenvalue weighted by molar-refractivity contribution is 1.39. The lowest BCUT2D eigenvalue weighted by Crippen LogP contribution is -2.09.